The Labute approximate surface area is 129 Å². The zero-order valence-corrected chi connectivity index (χ0v) is 13.9. The van der Waals surface area contributed by atoms with Crippen LogP contribution in [0.5, 0.6) is 0 Å². The molecular weight excluding hydrogens is 266 g/mol. The molecule has 2 aliphatic heterocycles. The Morgan fingerprint density at radius 2 is 2.00 bits per heavy atom. The van der Waals surface area contributed by atoms with Crippen LogP contribution in [0.4, 0.5) is 0 Å². The highest BCUT2D eigenvalue weighted by molar-refractivity contribution is 5.79. The molecule has 0 amide bonds. The molecule has 0 spiro atoms. The van der Waals surface area contributed by atoms with Crippen LogP contribution >= 0.6 is 0 Å². The van der Waals surface area contributed by atoms with Crippen molar-refractivity contribution in [2.75, 3.05) is 53.1 Å². The van der Waals surface area contributed by atoms with Gasteiger partial charge in [-0.3, -0.25) is 4.99 Å². The van der Waals surface area contributed by atoms with Crippen LogP contribution in [0.25, 0.3) is 0 Å². The van der Waals surface area contributed by atoms with E-state index >= 15 is 0 Å². The molecular formula is C16H31N3O2. The van der Waals surface area contributed by atoms with Gasteiger partial charge in [-0.1, -0.05) is 6.92 Å². The van der Waals surface area contributed by atoms with E-state index in [9.17, 15) is 0 Å². The SMILES string of the molecule is CCNC(=NCC1(C)COC1)N(C)CCC1CCOCC1. The first-order valence-corrected chi connectivity index (χ1v) is 8.28. The maximum atomic E-state index is 5.43. The maximum absolute atomic E-state index is 5.43. The van der Waals surface area contributed by atoms with Crippen LogP contribution in [-0.2, 0) is 9.47 Å². The van der Waals surface area contributed by atoms with Gasteiger partial charge in [0.05, 0.1) is 19.8 Å². The molecule has 5 nitrogen and oxygen atoms in total. The second kappa shape index (κ2) is 7.99. The van der Waals surface area contributed by atoms with Gasteiger partial charge in [-0.25, -0.2) is 0 Å². The first-order chi connectivity index (χ1) is 10.1. The summed E-state index contributed by atoms with van der Waals surface area (Å²) >= 11 is 0. The van der Waals surface area contributed by atoms with Gasteiger partial charge in [0.1, 0.15) is 0 Å². The molecule has 2 heterocycles. The average molecular weight is 297 g/mol. The van der Waals surface area contributed by atoms with Crippen LogP contribution in [0.2, 0.25) is 0 Å². The van der Waals surface area contributed by atoms with Crippen LogP contribution in [0, 0.1) is 11.3 Å². The molecule has 0 unspecified atom stereocenters. The Hall–Kier alpha value is -0.810. The minimum Gasteiger partial charge on any atom is -0.381 e. The number of rotatable bonds is 6. The van der Waals surface area contributed by atoms with Gasteiger partial charge < -0.3 is 19.7 Å². The second-order valence-corrected chi connectivity index (χ2v) is 6.74. The van der Waals surface area contributed by atoms with E-state index < -0.39 is 0 Å². The summed E-state index contributed by atoms with van der Waals surface area (Å²) in [6.45, 7) is 10.7. The molecule has 5 heteroatoms. The Kier molecular flexibility index (Phi) is 6.30. The summed E-state index contributed by atoms with van der Waals surface area (Å²) in [6, 6.07) is 0. The van der Waals surface area contributed by atoms with E-state index in [1.165, 1.54) is 19.3 Å². The van der Waals surface area contributed by atoms with Crippen molar-refractivity contribution in [1.82, 2.24) is 10.2 Å². The van der Waals surface area contributed by atoms with E-state index in [-0.39, 0.29) is 5.41 Å². The van der Waals surface area contributed by atoms with Crippen LogP contribution in [0.15, 0.2) is 4.99 Å². The number of guanidine groups is 1. The molecule has 0 aromatic carbocycles. The van der Waals surface area contributed by atoms with Crippen LogP contribution in [0.1, 0.15) is 33.1 Å². The largest absolute Gasteiger partial charge is 0.381 e. The summed E-state index contributed by atoms with van der Waals surface area (Å²) in [5, 5.41) is 3.40. The maximum Gasteiger partial charge on any atom is 0.193 e. The van der Waals surface area contributed by atoms with Crippen LogP contribution in [0.3, 0.4) is 0 Å². The highest BCUT2D eigenvalue weighted by Gasteiger charge is 2.33. The van der Waals surface area contributed by atoms with Crippen molar-refractivity contribution in [2.24, 2.45) is 16.3 Å². The lowest BCUT2D eigenvalue weighted by Crippen LogP contribution is -2.45. The second-order valence-electron chi connectivity index (χ2n) is 6.74. The predicted molar refractivity (Wildman–Crippen MR) is 85.7 cm³/mol. The number of nitrogens with one attached hydrogen (secondary N) is 1. The third-order valence-electron chi connectivity index (χ3n) is 4.42. The van der Waals surface area contributed by atoms with Gasteiger partial charge in [-0.15, -0.1) is 0 Å². The fourth-order valence-electron chi connectivity index (χ4n) is 2.79. The molecule has 0 saturated carbocycles. The lowest BCUT2D eigenvalue weighted by Gasteiger charge is -2.37. The van der Waals surface area contributed by atoms with Crippen molar-refractivity contribution in [1.29, 1.82) is 0 Å². The summed E-state index contributed by atoms with van der Waals surface area (Å²) in [4.78, 5) is 7.06. The van der Waals surface area contributed by atoms with Crippen LogP contribution in [-0.4, -0.2) is 64.0 Å². The molecule has 21 heavy (non-hydrogen) atoms. The Balaban J connectivity index is 1.79. The Morgan fingerprint density at radius 1 is 1.29 bits per heavy atom. The quantitative estimate of drug-likeness (QED) is 0.599. The van der Waals surface area contributed by atoms with Crippen molar-refractivity contribution >= 4 is 5.96 Å². The standard InChI is InChI=1S/C16H31N3O2/c1-4-17-15(18-11-16(2)12-21-13-16)19(3)8-5-14-6-9-20-10-7-14/h14H,4-13H2,1-3H3,(H,17,18). The first kappa shape index (κ1) is 16.6. The number of aliphatic imine (C=N–C) groups is 1. The van der Waals surface area contributed by atoms with E-state index in [4.69, 9.17) is 14.5 Å². The Bertz CT molecular complexity index is 336. The summed E-state index contributed by atoms with van der Waals surface area (Å²) in [5.41, 5.74) is 0.238. The average Bonchev–Trinajstić information content (AvgIpc) is 2.48. The number of hydrogen-bond acceptors (Lipinski definition) is 3. The minimum absolute atomic E-state index is 0.238. The van der Waals surface area contributed by atoms with Crippen molar-refractivity contribution in [2.45, 2.75) is 33.1 Å². The topological polar surface area (TPSA) is 46.1 Å². The normalized spacial score (nSPS) is 22.7. The van der Waals surface area contributed by atoms with Gasteiger partial charge in [-0.2, -0.15) is 0 Å². The highest BCUT2D eigenvalue weighted by atomic mass is 16.5. The van der Waals surface area contributed by atoms with Gasteiger partial charge in [0, 0.05) is 38.8 Å². The zero-order chi connectivity index (χ0) is 15.1. The molecule has 0 aliphatic carbocycles. The summed E-state index contributed by atoms with van der Waals surface area (Å²) in [6.07, 6.45) is 3.64. The molecule has 0 aromatic heterocycles. The van der Waals surface area contributed by atoms with Gasteiger partial charge in [0.15, 0.2) is 5.96 Å². The molecule has 0 radical (unpaired) electrons. The summed E-state index contributed by atoms with van der Waals surface area (Å²) < 4.78 is 10.7. The van der Waals surface area contributed by atoms with Gasteiger partial charge in [-0.05, 0) is 32.1 Å². The van der Waals surface area contributed by atoms with E-state index in [1.54, 1.807) is 0 Å². The third kappa shape index (κ3) is 5.15. The molecule has 2 aliphatic rings. The van der Waals surface area contributed by atoms with Gasteiger partial charge >= 0.3 is 0 Å². The highest BCUT2D eigenvalue weighted by Crippen LogP contribution is 2.26. The first-order valence-electron chi connectivity index (χ1n) is 8.28. The van der Waals surface area contributed by atoms with Crippen molar-refractivity contribution in [3.05, 3.63) is 0 Å². The van der Waals surface area contributed by atoms with E-state index in [0.717, 1.165) is 57.9 Å². The smallest absolute Gasteiger partial charge is 0.193 e. The molecule has 0 aromatic rings. The number of ether oxygens (including phenoxy) is 2. The van der Waals surface area contributed by atoms with Gasteiger partial charge in [0.2, 0.25) is 0 Å². The lowest BCUT2D eigenvalue weighted by molar-refractivity contribution is -0.0945. The molecule has 2 fully saturated rings. The van der Waals surface area contributed by atoms with Crippen molar-refractivity contribution in [3.8, 4) is 0 Å². The molecule has 122 valence electrons. The fourth-order valence-corrected chi connectivity index (χ4v) is 2.79. The molecule has 0 atom stereocenters. The zero-order valence-electron chi connectivity index (χ0n) is 13.9. The lowest BCUT2D eigenvalue weighted by atomic mass is 9.89. The summed E-state index contributed by atoms with van der Waals surface area (Å²) in [7, 11) is 2.14. The molecule has 1 N–H and O–H groups in total. The number of nitrogens with zero attached hydrogens (tertiary/aromatic N) is 2. The van der Waals surface area contributed by atoms with Gasteiger partial charge in [0.25, 0.3) is 0 Å². The van der Waals surface area contributed by atoms with Crippen molar-refractivity contribution < 1.29 is 9.47 Å². The molecule has 2 rings (SSSR count). The number of hydrogen-bond donors (Lipinski definition) is 1. The monoisotopic (exact) mass is 297 g/mol. The van der Waals surface area contributed by atoms with E-state index in [0.29, 0.717) is 0 Å². The third-order valence-corrected chi connectivity index (χ3v) is 4.42. The predicted octanol–water partition coefficient (Wildman–Crippen LogP) is 1.74. The minimum atomic E-state index is 0.238. The van der Waals surface area contributed by atoms with E-state index in [1.807, 2.05) is 0 Å². The Morgan fingerprint density at radius 3 is 2.57 bits per heavy atom. The van der Waals surface area contributed by atoms with E-state index in [2.05, 4.69) is 31.1 Å². The molecule has 0 bridgehead atoms. The van der Waals surface area contributed by atoms with Crippen LogP contribution < -0.4 is 5.32 Å². The van der Waals surface area contributed by atoms with Crippen molar-refractivity contribution in [3.63, 3.8) is 0 Å². The molecule has 2 saturated heterocycles. The fraction of sp³-hybridized carbons (Fsp3) is 0.938. The summed E-state index contributed by atoms with van der Waals surface area (Å²) in [5.74, 6) is 1.83.